The van der Waals surface area contributed by atoms with Crippen molar-refractivity contribution in [2.24, 2.45) is 0 Å². The number of rotatable bonds is 4. The van der Waals surface area contributed by atoms with E-state index >= 15 is 0 Å². The maximum atomic E-state index is 5.05. The summed E-state index contributed by atoms with van der Waals surface area (Å²) in [6.45, 7) is 4.30. The zero-order chi connectivity index (χ0) is 27.5. The molecule has 0 aliphatic heterocycles. The molecule has 0 radical (unpaired) electrons. The SMILES string of the molecule is Cc1cccc(C)c1-n1ccnc1-c1cccc(-c2cccc(-n3c4ccccc4n4c5ccccc5nc34)c2)c1. The summed E-state index contributed by atoms with van der Waals surface area (Å²) in [6.07, 6.45) is 3.93. The van der Waals surface area contributed by atoms with Crippen LogP contribution in [-0.2, 0) is 0 Å². The first-order chi connectivity index (χ1) is 20.2. The van der Waals surface area contributed by atoms with E-state index in [0.717, 1.165) is 56.0 Å². The van der Waals surface area contributed by atoms with Crippen LogP contribution >= 0.6 is 0 Å². The molecule has 0 fully saturated rings. The van der Waals surface area contributed by atoms with Crippen LogP contribution in [0.4, 0.5) is 0 Å². The number of fused-ring (bicyclic) bond motifs is 5. The van der Waals surface area contributed by atoms with E-state index in [9.17, 15) is 0 Å². The summed E-state index contributed by atoms with van der Waals surface area (Å²) < 4.78 is 6.72. The lowest BCUT2D eigenvalue weighted by atomic mass is 10.0. The van der Waals surface area contributed by atoms with Gasteiger partial charge in [0.1, 0.15) is 5.82 Å². The Balaban J connectivity index is 1.27. The van der Waals surface area contributed by atoms with Crippen LogP contribution in [0, 0.1) is 13.8 Å². The maximum Gasteiger partial charge on any atom is 0.220 e. The molecular formula is C36H27N5. The lowest BCUT2D eigenvalue weighted by Crippen LogP contribution is -2.01. The number of para-hydroxylation sites is 5. The third-order valence-electron chi connectivity index (χ3n) is 7.99. The topological polar surface area (TPSA) is 40.0 Å². The van der Waals surface area contributed by atoms with Crippen molar-refractivity contribution in [3.05, 3.63) is 139 Å². The Bertz CT molecular complexity index is 2220. The third-order valence-corrected chi connectivity index (χ3v) is 7.99. The normalized spacial score (nSPS) is 11.7. The van der Waals surface area contributed by atoms with E-state index in [4.69, 9.17) is 9.97 Å². The van der Waals surface area contributed by atoms with Gasteiger partial charge in [0.05, 0.1) is 27.8 Å². The van der Waals surface area contributed by atoms with Crippen LogP contribution in [-0.4, -0.2) is 23.5 Å². The third kappa shape index (κ3) is 3.63. The summed E-state index contributed by atoms with van der Waals surface area (Å²) in [6, 6.07) is 40.6. The highest BCUT2D eigenvalue weighted by molar-refractivity contribution is 5.92. The molecule has 0 unspecified atom stereocenters. The largest absolute Gasteiger partial charge is 0.299 e. The van der Waals surface area contributed by atoms with Crippen LogP contribution in [0.5, 0.6) is 0 Å². The second-order valence-corrected chi connectivity index (χ2v) is 10.6. The number of aryl methyl sites for hydroxylation is 2. The smallest absolute Gasteiger partial charge is 0.220 e. The van der Waals surface area contributed by atoms with Crippen molar-refractivity contribution in [3.8, 4) is 33.9 Å². The van der Waals surface area contributed by atoms with Crippen LogP contribution in [0.3, 0.4) is 0 Å². The Labute approximate surface area is 237 Å². The van der Waals surface area contributed by atoms with Crippen molar-refractivity contribution in [3.63, 3.8) is 0 Å². The van der Waals surface area contributed by atoms with Crippen LogP contribution in [0.2, 0.25) is 0 Å². The molecule has 8 aromatic rings. The minimum absolute atomic E-state index is 0.911. The highest BCUT2D eigenvalue weighted by Gasteiger charge is 2.17. The van der Waals surface area contributed by atoms with E-state index in [0.29, 0.717) is 0 Å². The molecule has 0 saturated heterocycles. The quantitative estimate of drug-likeness (QED) is 0.229. The van der Waals surface area contributed by atoms with Gasteiger partial charge in [-0.25, -0.2) is 9.97 Å². The second kappa shape index (κ2) is 9.07. The van der Waals surface area contributed by atoms with E-state index in [1.165, 1.54) is 16.8 Å². The van der Waals surface area contributed by atoms with E-state index in [2.05, 4.69) is 143 Å². The number of imidazole rings is 3. The van der Waals surface area contributed by atoms with Gasteiger partial charge in [0.2, 0.25) is 5.78 Å². The van der Waals surface area contributed by atoms with E-state index in [1.807, 2.05) is 12.3 Å². The first-order valence-corrected chi connectivity index (χ1v) is 13.9. The van der Waals surface area contributed by atoms with Gasteiger partial charge in [-0.1, -0.05) is 72.8 Å². The zero-order valence-electron chi connectivity index (χ0n) is 22.9. The summed E-state index contributed by atoms with van der Waals surface area (Å²) in [5.41, 5.74) is 12.4. The van der Waals surface area contributed by atoms with Gasteiger partial charge in [0.15, 0.2) is 0 Å². The van der Waals surface area contributed by atoms with Gasteiger partial charge < -0.3 is 0 Å². The van der Waals surface area contributed by atoms with Gasteiger partial charge >= 0.3 is 0 Å². The first-order valence-electron chi connectivity index (χ1n) is 13.9. The number of benzene rings is 5. The van der Waals surface area contributed by atoms with Crippen LogP contribution < -0.4 is 0 Å². The van der Waals surface area contributed by atoms with Gasteiger partial charge in [0.25, 0.3) is 0 Å². The average Bonchev–Trinajstić information content (AvgIpc) is 3.71. The minimum Gasteiger partial charge on any atom is -0.299 e. The molecule has 0 spiro atoms. The fraction of sp³-hybridized carbons (Fsp3) is 0.0556. The standard InChI is InChI=1S/C36H27N5/c1-24-10-7-11-25(2)34(24)39-21-20-37-35(39)28-14-8-12-26(22-28)27-13-9-15-29(23-27)40-32-18-5-6-19-33(32)41-31-17-4-3-16-30(31)38-36(40)41/h3-23H,1-2H3. The van der Waals surface area contributed by atoms with Crippen LogP contribution in [0.25, 0.3) is 61.7 Å². The molecule has 5 heteroatoms. The Kier molecular flexibility index (Phi) is 5.19. The number of nitrogens with zero attached hydrogens (tertiary/aromatic N) is 5. The molecule has 5 nitrogen and oxygen atoms in total. The highest BCUT2D eigenvalue weighted by atomic mass is 15.2. The van der Waals surface area contributed by atoms with E-state index in [-0.39, 0.29) is 0 Å². The van der Waals surface area contributed by atoms with Crippen molar-refractivity contribution in [2.75, 3.05) is 0 Å². The summed E-state index contributed by atoms with van der Waals surface area (Å²) in [4.78, 5) is 9.82. The van der Waals surface area contributed by atoms with Gasteiger partial charge in [-0.2, -0.15) is 0 Å². The predicted octanol–water partition coefficient (Wildman–Crippen LogP) is 8.57. The fourth-order valence-corrected chi connectivity index (χ4v) is 6.15. The molecular weight excluding hydrogens is 502 g/mol. The van der Waals surface area contributed by atoms with Gasteiger partial charge in [0, 0.05) is 23.6 Å². The molecule has 3 heterocycles. The molecule has 3 aromatic heterocycles. The summed E-state index contributed by atoms with van der Waals surface area (Å²) >= 11 is 0. The Morgan fingerprint density at radius 3 is 2.07 bits per heavy atom. The average molecular weight is 530 g/mol. The van der Waals surface area contributed by atoms with E-state index < -0.39 is 0 Å². The summed E-state index contributed by atoms with van der Waals surface area (Å²) in [7, 11) is 0. The van der Waals surface area contributed by atoms with E-state index in [1.54, 1.807) is 0 Å². The van der Waals surface area contributed by atoms with Gasteiger partial charge in [-0.05, 0) is 78.6 Å². The van der Waals surface area contributed by atoms with Crippen molar-refractivity contribution in [2.45, 2.75) is 13.8 Å². The predicted molar refractivity (Wildman–Crippen MR) is 167 cm³/mol. The molecule has 5 aromatic carbocycles. The summed E-state index contributed by atoms with van der Waals surface area (Å²) in [5, 5.41) is 0. The highest BCUT2D eigenvalue weighted by Crippen LogP contribution is 2.33. The molecule has 0 amide bonds. The molecule has 41 heavy (non-hydrogen) atoms. The second-order valence-electron chi connectivity index (χ2n) is 10.6. The molecule has 0 N–H and O–H groups in total. The molecule has 0 bridgehead atoms. The van der Waals surface area contributed by atoms with Crippen molar-refractivity contribution in [1.82, 2.24) is 23.5 Å². The number of hydrogen-bond acceptors (Lipinski definition) is 2. The first kappa shape index (κ1) is 23.5. The monoisotopic (exact) mass is 529 g/mol. The van der Waals surface area contributed by atoms with Crippen LogP contribution in [0.15, 0.2) is 128 Å². The molecule has 0 aliphatic carbocycles. The lowest BCUT2D eigenvalue weighted by Gasteiger charge is -2.14. The Morgan fingerprint density at radius 1 is 0.585 bits per heavy atom. The number of aromatic nitrogens is 5. The van der Waals surface area contributed by atoms with Crippen molar-refractivity contribution in [1.29, 1.82) is 0 Å². The zero-order valence-corrected chi connectivity index (χ0v) is 22.9. The maximum absolute atomic E-state index is 5.05. The fourth-order valence-electron chi connectivity index (χ4n) is 6.15. The molecule has 196 valence electrons. The Morgan fingerprint density at radius 2 is 1.24 bits per heavy atom. The summed E-state index contributed by atoms with van der Waals surface area (Å²) in [5.74, 6) is 1.84. The molecule has 0 saturated carbocycles. The van der Waals surface area contributed by atoms with Crippen molar-refractivity contribution >= 4 is 27.8 Å². The Hall–Kier alpha value is -5.42. The van der Waals surface area contributed by atoms with Gasteiger partial charge in [-0.3, -0.25) is 13.5 Å². The van der Waals surface area contributed by atoms with Crippen molar-refractivity contribution < 1.29 is 0 Å². The van der Waals surface area contributed by atoms with Crippen LogP contribution in [0.1, 0.15) is 11.1 Å². The molecule has 8 rings (SSSR count). The van der Waals surface area contributed by atoms with Gasteiger partial charge in [-0.15, -0.1) is 0 Å². The minimum atomic E-state index is 0.911. The lowest BCUT2D eigenvalue weighted by molar-refractivity contribution is 1.03. The molecule has 0 aliphatic rings. The molecule has 0 atom stereocenters. The number of hydrogen-bond donors (Lipinski definition) is 0.